The Kier molecular flexibility index (Phi) is 8.10. The topological polar surface area (TPSA) is 107 Å². The molecule has 140 valence electrons. The van der Waals surface area contributed by atoms with Crippen molar-refractivity contribution in [2.45, 2.75) is 4.90 Å². The van der Waals surface area contributed by atoms with E-state index < -0.39 is 28.4 Å². The van der Waals surface area contributed by atoms with E-state index in [9.17, 15) is 18.0 Å². The van der Waals surface area contributed by atoms with Crippen LogP contribution in [-0.4, -0.2) is 73.9 Å². The summed E-state index contributed by atoms with van der Waals surface area (Å²) in [4.78, 5) is 23.9. The summed E-state index contributed by atoms with van der Waals surface area (Å²) in [6, 6.07) is 6.09. The molecular formula is C14H19Cl2N3O5S. The minimum Gasteiger partial charge on any atom is -0.480 e. The van der Waals surface area contributed by atoms with Gasteiger partial charge in [0.2, 0.25) is 15.9 Å². The highest BCUT2D eigenvalue weighted by Gasteiger charge is 2.29. The number of piperazine rings is 1. The van der Waals surface area contributed by atoms with Crippen molar-refractivity contribution in [3.8, 4) is 0 Å². The second-order valence-corrected chi connectivity index (χ2v) is 7.68. The first kappa shape index (κ1) is 21.7. The summed E-state index contributed by atoms with van der Waals surface area (Å²) < 4.78 is 26.5. The van der Waals surface area contributed by atoms with Crippen LogP contribution in [0, 0.1) is 0 Å². The van der Waals surface area contributed by atoms with E-state index in [1.54, 1.807) is 17.0 Å². The maximum atomic E-state index is 12.5. The number of benzene rings is 1. The van der Waals surface area contributed by atoms with Crippen molar-refractivity contribution in [1.29, 1.82) is 0 Å². The molecule has 1 aromatic carbocycles. The number of nitrogens with zero attached hydrogens (tertiary/aromatic N) is 2. The number of carbonyl (C=O) groups is 2. The molecule has 1 heterocycles. The number of aliphatic carboxylic acids is 1. The second-order valence-electron chi connectivity index (χ2n) is 5.31. The number of nitrogens with one attached hydrogen (secondary N) is 1. The Morgan fingerprint density at radius 3 is 2.40 bits per heavy atom. The van der Waals surface area contributed by atoms with E-state index in [1.807, 2.05) is 0 Å². The molecule has 0 bridgehead atoms. The lowest BCUT2D eigenvalue weighted by molar-refractivity contribution is -0.138. The highest BCUT2D eigenvalue weighted by molar-refractivity contribution is 7.89. The van der Waals surface area contributed by atoms with Crippen molar-refractivity contribution in [1.82, 2.24) is 14.5 Å². The van der Waals surface area contributed by atoms with Crippen molar-refractivity contribution < 1.29 is 23.1 Å². The molecule has 1 saturated heterocycles. The number of carboxylic acids is 1. The predicted molar refractivity (Wildman–Crippen MR) is 94.5 cm³/mol. The third kappa shape index (κ3) is 6.12. The third-order valence-electron chi connectivity index (χ3n) is 3.57. The van der Waals surface area contributed by atoms with E-state index >= 15 is 0 Å². The van der Waals surface area contributed by atoms with Crippen LogP contribution in [0.5, 0.6) is 0 Å². The average molecular weight is 412 g/mol. The van der Waals surface area contributed by atoms with E-state index in [1.165, 1.54) is 16.4 Å². The number of hydrogen-bond donors (Lipinski definition) is 2. The first-order valence-corrected chi connectivity index (χ1v) is 9.07. The van der Waals surface area contributed by atoms with Crippen LogP contribution in [0.15, 0.2) is 29.2 Å². The van der Waals surface area contributed by atoms with E-state index in [2.05, 4.69) is 5.32 Å². The minimum atomic E-state index is -3.61. The molecule has 0 saturated carbocycles. The summed E-state index contributed by atoms with van der Waals surface area (Å²) in [5.41, 5.74) is 0. The van der Waals surface area contributed by atoms with Crippen molar-refractivity contribution in [2.75, 3.05) is 39.3 Å². The molecule has 1 aliphatic heterocycles. The fourth-order valence-corrected chi connectivity index (χ4v) is 4.06. The summed E-state index contributed by atoms with van der Waals surface area (Å²) in [6.07, 6.45) is 0. The molecule has 0 radical (unpaired) electrons. The van der Waals surface area contributed by atoms with Gasteiger partial charge in [0.25, 0.3) is 0 Å². The fraction of sp³-hybridized carbons (Fsp3) is 0.429. The van der Waals surface area contributed by atoms with Gasteiger partial charge in [0.1, 0.15) is 6.54 Å². The van der Waals surface area contributed by atoms with E-state index in [0.717, 1.165) is 0 Å². The molecule has 1 amide bonds. The molecule has 0 spiro atoms. The molecule has 0 aliphatic carbocycles. The molecule has 8 nitrogen and oxygen atoms in total. The Morgan fingerprint density at radius 1 is 1.20 bits per heavy atom. The maximum Gasteiger partial charge on any atom is 0.322 e. The highest BCUT2D eigenvalue weighted by Crippen LogP contribution is 2.20. The largest absolute Gasteiger partial charge is 0.480 e. The molecule has 1 aliphatic rings. The minimum absolute atomic E-state index is 0. The molecular weight excluding hydrogens is 393 g/mol. The molecule has 11 heteroatoms. The van der Waals surface area contributed by atoms with Gasteiger partial charge < -0.3 is 10.4 Å². The van der Waals surface area contributed by atoms with E-state index in [-0.39, 0.29) is 36.9 Å². The van der Waals surface area contributed by atoms with Crippen LogP contribution in [0.1, 0.15) is 0 Å². The number of carboxylic acid groups (broad SMARTS) is 1. The monoisotopic (exact) mass is 411 g/mol. The lowest BCUT2D eigenvalue weighted by Crippen LogP contribution is -2.51. The number of carbonyl (C=O) groups excluding carboxylic acids is 1. The number of hydrogen-bond acceptors (Lipinski definition) is 5. The highest BCUT2D eigenvalue weighted by atomic mass is 35.5. The van der Waals surface area contributed by atoms with Gasteiger partial charge in [-0.1, -0.05) is 17.7 Å². The van der Waals surface area contributed by atoms with Crippen molar-refractivity contribution in [2.24, 2.45) is 0 Å². The zero-order valence-corrected chi connectivity index (χ0v) is 15.6. The zero-order valence-electron chi connectivity index (χ0n) is 13.2. The average Bonchev–Trinajstić information content (AvgIpc) is 2.53. The Bertz CT molecular complexity index is 721. The lowest BCUT2D eigenvalue weighted by Gasteiger charge is -2.33. The van der Waals surface area contributed by atoms with Gasteiger partial charge in [-0.3, -0.25) is 14.5 Å². The Labute approximate surface area is 157 Å². The van der Waals surface area contributed by atoms with E-state index in [4.69, 9.17) is 16.7 Å². The maximum absolute atomic E-state index is 12.5. The molecule has 1 fully saturated rings. The van der Waals surface area contributed by atoms with Crippen LogP contribution < -0.4 is 5.32 Å². The Balaban J connectivity index is 0.00000312. The van der Waals surface area contributed by atoms with Gasteiger partial charge in [0, 0.05) is 31.2 Å². The summed E-state index contributed by atoms with van der Waals surface area (Å²) in [5.74, 6) is -1.51. The first-order chi connectivity index (χ1) is 11.3. The van der Waals surface area contributed by atoms with Gasteiger partial charge in [-0.15, -0.1) is 12.4 Å². The van der Waals surface area contributed by atoms with Crippen LogP contribution in [0.3, 0.4) is 0 Å². The molecule has 0 atom stereocenters. The number of halogens is 2. The van der Waals surface area contributed by atoms with Crippen LogP contribution in [0.4, 0.5) is 0 Å². The number of rotatable bonds is 6. The van der Waals surface area contributed by atoms with E-state index in [0.29, 0.717) is 18.1 Å². The summed E-state index contributed by atoms with van der Waals surface area (Å²) in [5, 5.41) is 11.1. The van der Waals surface area contributed by atoms with Gasteiger partial charge in [-0.25, -0.2) is 8.42 Å². The van der Waals surface area contributed by atoms with Crippen LogP contribution in [-0.2, 0) is 19.6 Å². The summed E-state index contributed by atoms with van der Waals surface area (Å²) in [7, 11) is -3.61. The SMILES string of the molecule is Cl.O=C(O)CNC(=O)CN1CCN(S(=O)(=O)c2cccc(Cl)c2)CC1. The third-order valence-corrected chi connectivity index (χ3v) is 5.70. The molecule has 0 unspecified atom stereocenters. The van der Waals surface area contributed by atoms with Crippen molar-refractivity contribution >= 4 is 45.9 Å². The normalized spacial score (nSPS) is 16.0. The van der Waals surface area contributed by atoms with Gasteiger partial charge in [-0.05, 0) is 18.2 Å². The predicted octanol–water partition coefficient (Wildman–Crippen LogP) is 0.269. The van der Waals surface area contributed by atoms with Crippen molar-refractivity contribution in [3.63, 3.8) is 0 Å². The van der Waals surface area contributed by atoms with Crippen LogP contribution >= 0.6 is 24.0 Å². The Hall–Kier alpha value is -1.39. The first-order valence-electron chi connectivity index (χ1n) is 7.25. The standard InChI is InChI=1S/C14H18ClN3O5S.ClH/c15-11-2-1-3-12(8-11)24(22,23)18-6-4-17(5-7-18)10-13(19)16-9-14(20)21;/h1-3,8H,4-7,9-10H2,(H,16,19)(H,20,21);1H. The van der Waals surface area contributed by atoms with Gasteiger partial charge in [0.05, 0.1) is 11.4 Å². The molecule has 0 aromatic heterocycles. The molecule has 2 rings (SSSR count). The van der Waals surface area contributed by atoms with Gasteiger partial charge >= 0.3 is 5.97 Å². The van der Waals surface area contributed by atoms with Crippen LogP contribution in [0.2, 0.25) is 5.02 Å². The lowest BCUT2D eigenvalue weighted by atomic mass is 10.3. The van der Waals surface area contributed by atoms with Crippen molar-refractivity contribution in [3.05, 3.63) is 29.3 Å². The Morgan fingerprint density at radius 2 is 1.84 bits per heavy atom. The molecule has 25 heavy (non-hydrogen) atoms. The number of sulfonamides is 1. The van der Waals surface area contributed by atoms with Crippen LogP contribution in [0.25, 0.3) is 0 Å². The number of amides is 1. The summed E-state index contributed by atoms with van der Waals surface area (Å²) >= 11 is 5.84. The quantitative estimate of drug-likeness (QED) is 0.695. The van der Waals surface area contributed by atoms with Gasteiger partial charge in [-0.2, -0.15) is 4.31 Å². The summed E-state index contributed by atoms with van der Waals surface area (Å²) in [6.45, 7) is 0.892. The fourth-order valence-electron chi connectivity index (χ4n) is 2.34. The smallest absolute Gasteiger partial charge is 0.322 e. The molecule has 1 aromatic rings. The molecule has 2 N–H and O–H groups in total. The zero-order chi connectivity index (χ0) is 17.7. The van der Waals surface area contributed by atoms with Gasteiger partial charge in [0.15, 0.2) is 0 Å². The second kappa shape index (κ2) is 9.35.